The van der Waals surface area contributed by atoms with Crippen LogP contribution < -0.4 is 0 Å². The first-order valence-electron chi connectivity index (χ1n) is 12.2. The molecule has 0 N–H and O–H groups in total. The van der Waals surface area contributed by atoms with E-state index in [1.807, 2.05) is 0 Å². The van der Waals surface area contributed by atoms with Crippen molar-refractivity contribution in [2.24, 2.45) is 0 Å². The van der Waals surface area contributed by atoms with Crippen LogP contribution in [0.25, 0.3) is 0 Å². The SMILES string of the molecule is CC1(C)O[C@@H]2CO[C@]3(COC(C)(C)O3)C(=O)[C@@H]2O1.CC1(C)O[C@H]2CO[C@@]3(COC(C)(C)O3)C(=O)[C@H]2O1. The fourth-order valence-electron chi connectivity index (χ4n) is 5.20. The fraction of sp³-hybridized carbons (Fsp3) is 0.917. The molecule has 6 rings (SSSR count). The summed E-state index contributed by atoms with van der Waals surface area (Å²) in [6.07, 6.45) is -2.03. The smallest absolute Gasteiger partial charge is 0.258 e. The third kappa shape index (κ3) is 4.66. The minimum Gasteiger partial charge on any atom is -0.344 e. The highest BCUT2D eigenvalue weighted by atomic mass is 16.9. The van der Waals surface area contributed by atoms with Gasteiger partial charge in [-0.05, 0) is 55.4 Å². The van der Waals surface area contributed by atoms with Crippen LogP contribution in [0.2, 0.25) is 0 Å². The van der Waals surface area contributed by atoms with Crippen molar-refractivity contribution < 1.29 is 57.0 Å². The minimum atomic E-state index is -1.34. The standard InChI is InChI=1S/2C12H18O6/c2*1-10(2)15-6-12(18-10)9(13)8-7(5-14-12)16-11(3,4)17-8/h2*7-8H,5-6H2,1-4H3/t2*7-,8-,12+/m10/s1. The molecule has 6 atom stereocenters. The Hall–Kier alpha value is -1.06. The maximum absolute atomic E-state index is 12.5. The molecule has 0 aromatic carbocycles. The minimum absolute atomic E-state index is 0.0891. The van der Waals surface area contributed by atoms with Gasteiger partial charge in [-0.3, -0.25) is 9.59 Å². The van der Waals surface area contributed by atoms with Crippen molar-refractivity contribution >= 4 is 11.6 Å². The number of carbonyl (C=O) groups excluding carboxylic acids is 2. The maximum atomic E-state index is 12.5. The third-order valence-corrected chi connectivity index (χ3v) is 6.64. The molecule has 12 heteroatoms. The topological polar surface area (TPSA) is 126 Å². The third-order valence-electron chi connectivity index (χ3n) is 6.64. The Morgan fingerprint density at radius 1 is 0.528 bits per heavy atom. The quantitative estimate of drug-likeness (QED) is 0.459. The van der Waals surface area contributed by atoms with Gasteiger partial charge < -0.3 is 47.4 Å². The molecule has 0 aromatic heterocycles. The van der Waals surface area contributed by atoms with Gasteiger partial charge in [0.2, 0.25) is 11.6 Å². The second kappa shape index (κ2) is 8.22. The van der Waals surface area contributed by atoms with Crippen LogP contribution in [0.3, 0.4) is 0 Å². The number of fused-ring (bicyclic) bond motifs is 2. The summed E-state index contributed by atoms with van der Waals surface area (Å²) in [6, 6.07) is 0. The number of ether oxygens (including phenoxy) is 10. The highest BCUT2D eigenvalue weighted by Gasteiger charge is 2.63. The molecule has 6 saturated heterocycles. The van der Waals surface area contributed by atoms with Crippen molar-refractivity contribution in [3.8, 4) is 0 Å². The van der Waals surface area contributed by atoms with Crippen LogP contribution in [0, 0.1) is 0 Å². The molecule has 204 valence electrons. The summed E-state index contributed by atoms with van der Waals surface area (Å²) in [4.78, 5) is 24.9. The zero-order valence-electron chi connectivity index (χ0n) is 22.0. The molecule has 0 bridgehead atoms. The summed E-state index contributed by atoms with van der Waals surface area (Å²) in [5, 5.41) is 0. The molecular formula is C24H36O12. The molecule has 0 saturated carbocycles. The summed E-state index contributed by atoms with van der Waals surface area (Å²) in [7, 11) is 0. The molecule has 6 fully saturated rings. The lowest BCUT2D eigenvalue weighted by atomic mass is 9.99. The Morgan fingerprint density at radius 2 is 0.889 bits per heavy atom. The van der Waals surface area contributed by atoms with Crippen LogP contribution >= 0.6 is 0 Å². The van der Waals surface area contributed by atoms with Crippen LogP contribution in [0.15, 0.2) is 0 Å². The Labute approximate surface area is 210 Å². The van der Waals surface area contributed by atoms with E-state index in [1.165, 1.54) is 0 Å². The zero-order chi connectivity index (χ0) is 26.4. The van der Waals surface area contributed by atoms with Gasteiger partial charge in [0.05, 0.1) is 13.2 Å². The molecule has 0 aliphatic carbocycles. The van der Waals surface area contributed by atoms with E-state index in [9.17, 15) is 9.59 Å². The number of ketones is 2. The Balaban J connectivity index is 0.000000148. The number of rotatable bonds is 0. The first-order valence-corrected chi connectivity index (χ1v) is 12.2. The fourth-order valence-corrected chi connectivity index (χ4v) is 5.20. The maximum Gasteiger partial charge on any atom is 0.258 e. The number of hydrogen-bond donors (Lipinski definition) is 0. The van der Waals surface area contributed by atoms with Gasteiger partial charge in [-0.15, -0.1) is 0 Å². The average molecular weight is 517 g/mol. The van der Waals surface area contributed by atoms with Crippen molar-refractivity contribution in [2.75, 3.05) is 26.4 Å². The monoisotopic (exact) mass is 516 g/mol. The molecule has 6 heterocycles. The average Bonchev–Trinajstić information content (AvgIpc) is 3.44. The van der Waals surface area contributed by atoms with Crippen LogP contribution in [0.4, 0.5) is 0 Å². The second-order valence-corrected chi connectivity index (χ2v) is 11.6. The number of Topliss-reactive ketones (excluding diaryl/α,β-unsaturated/α-hetero) is 2. The Bertz CT molecular complexity index is 850. The van der Waals surface area contributed by atoms with Gasteiger partial charge in [0.1, 0.15) is 25.4 Å². The molecule has 6 aliphatic rings. The number of hydrogen-bond acceptors (Lipinski definition) is 12. The van der Waals surface area contributed by atoms with E-state index in [1.54, 1.807) is 55.4 Å². The molecule has 36 heavy (non-hydrogen) atoms. The summed E-state index contributed by atoms with van der Waals surface area (Å²) in [5.41, 5.74) is 0. The van der Waals surface area contributed by atoms with Gasteiger partial charge in [-0.2, -0.15) is 0 Å². The van der Waals surface area contributed by atoms with E-state index >= 15 is 0 Å². The van der Waals surface area contributed by atoms with Gasteiger partial charge in [-0.1, -0.05) is 0 Å². The largest absolute Gasteiger partial charge is 0.344 e. The normalized spacial score (nSPS) is 45.4. The van der Waals surface area contributed by atoms with Gasteiger partial charge >= 0.3 is 0 Å². The van der Waals surface area contributed by atoms with Crippen molar-refractivity contribution in [1.29, 1.82) is 0 Å². The molecule has 0 unspecified atom stereocenters. The molecule has 0 radical (unpaired) electrons. The van der Waals surface area contributed by atoms with Crippen LogP contribution in [0.1, 0.15) is 55.4 Å². The van der Waals surface area contributed by atoms with Crippen LogP contribution in [-0.4, -0.2) is 97.1 Å². The summed E-state index contributed by atoms with van der Waals surface area (Å²) in [6.45, 7) is 14.8. The van der Waals surface area contributed by atoms with E-state index in [0.717, 1.165) is 0 Å². The highest BCUT2D eigenvalue weighted by molar-refractivity contribution is 5.92. The lowest BCUT2D eigenvalue weighted by Crippen LogP contribution is -2.58. The highest BCUT2D eigenvalue weighted by Crippen LogP contribution is 2.43. The van der Waals surface area contributed by atoms with E-state index in [4.69, 9.17) is 47.4 Å². The molecule has 2 spiro atoms. The van der Waals surface area contributed by atoms with Crippen LogP contribution in [-0.2, 0) is 57.0 Å². The van der Waals surface area contributed by atoms with E-state index in [0.29, 0.717) is 0 Å². The van der Waals surface area contributed by atoms with E-state index in [-0.39, 0.29) is 50.2 Å². The molecule has 0 amide bonds. The summed E-state index contributed by atoms with van der Waals surface area (Å²) < 4.78 is 55.8. The lowest BCUT2D eigenvalue weighted by Gasteiger charge is -2.35. The predicted molar refractivity (Wildman–Crippen MR) is 117 cm³/mol. The van der Waals surface area contributed by atoms with Crippen molar-refractivity contribution in [1.82, 2.24) is 0 Å². The molecular weight excluding hydrogens is 480 g/mol. The number of carbonyl (C=O) groups is 2. The first-order chi connectivity index (χ1) is 16.5. The molecule has 12 nitrogen and oxygen atoms in total. The summed E-state index contributed by atoms with van der Waals surface area (Å²) >= 11 is 0. The van der Waals surface area contributed by atoms with E-state index < -0.39 is 46.9 Å². The Kier molecular flexibility index (Phi) is 6.06. The van der Waals surface area contributed by atoms with Gasteiger partial charge in [0, 0.05) is 0 Å². The second-order valence-electron chi connectivity index (χ2n) is 11.6. The van der Waals surface area contributed by atoms with Gasteiger partial charge in [-0.25, -0.2) is 0 Å². The van der Waals surface area contributed by atoms with Crippen molar-refractivity contribution in [2.45, 2.75) is 115 Å². The van der Waals surface area contributed by atoms with Gasteiger partial charge in [0.25, 0.3) is 11.6 Å². The molecule has 0 aromatic rings. The predicted octanol–water partition coefficient (Wildman–Crippen LogP) is 1.17. The zero-order valence-corrected chi connectivity index (χ0v) is 22.0. The molecule has 6 aliphatic heterocycles. The lowest BCUT2D eigenvalue weighted by molar-refractivity contribution is -0.263. The van der Waals surface area contributed by atoms with Crippen molar-refractivity contribution in [3.63, 3.8) is 0 Å². The van der Waals surface area contributed by atoms with E-state index in [2.05, 4.69) is 0 Å². The Morgan fingerprint density at radius 3 is 1.19 bits per heavy atom. The van der Waals surface area contributed by atoms with Crippen molar-refractivity contribution in [3.05, 3.63) is 0 Å². The summed E-state index contributed by atoms with van der Waals surface area (Å²) in [5.74, 6) is -6.37. The van der Waals surface area contributed by atoms with Crippen LogP contribution in [0.5, 0.6) is 0 Å². The van der Waals surface area contributed by atoms with Gasteiger partial charge in [0.15, 0.2) is 35.4 Å². The first kappa shape index (κ1) is 26.5.